The smallest absolute Gasteiger partial charge is 0.251 e. The Morgan fingerprint density at radius 3 is 2.59 bits per heavy atom. The minimum absolute atomic E-state index is 0.0929. The highest BCUT2D eigenvalue weighted by molar-refractivity contribution is 7.89. The summed E-state index contributed by atoms with van der Waals surface area (Å²) in [5, 5.41) is 8.90. The van der Waals surface area contributed by atoms with E-state index in [2.05, 4.69) is 0 Å². The molecule has 0 atom stereocenters. The third kappa shape index (κ3) is 3.72. The monoisotopic (exact) mass is 265 g/mol. The second-order valence-electron chi connectivity index (χ2n) is 3.50. The van der Waals surface area contributed by atoms with Crippen molar-refractivity contribution in [2.24, 2.45) is 0 Å². The highest BCUT2D eigenvalue weighted by atomic mass is 32.2. The van der Waals surface area contributed by atoms with Gasteiger partial charge in [-0.05, 0) is 24.1 Å². The molecule has 4 nitrogen and oxygen atoms in total. The number of hydrogen-bond acceptors (Lipinski definition) is 3. The number of nitrogens with one attached hydrogen (secondary N) is 1. The summed E-state index contributed by atoms with van der Waals surface area (Å²) in [6.07, 6.45) is -2.74. The first-order valence-corrected chi connectivity index (χ1v) is 6.33. The molecule has 0 heterocycles. The number of aliphatic hydroxyl groups is 1. The van der Waals surface area contributed by atoms with E-state index in [9.17, 15) is 17.2 Å². The van der Waals surface area contributed by atoms with Crippen LogP contribution in [-0.4, -0.2) is 26.5 Å². The molecule has 0 aliphatic heterocycles. The molecule has 0 aliphatic rings. The van der Waals surface area contributed by atoms with Gasteiger partial charge >= 0.3 is 0 Å². The van der Waals surface area contributed by atoms with Gasteiger partial charge in [0.15, 0.2) is 0 Å². The molecule has 0 radical (unpaired) electrons. The van der Waals surface area contributed by atoms with Crippen LogP contribution in [0, 0.1) is 6.92 Å². The van der Waals surface area contributed by atoms with Gasteiger partial charge in [-0.3, -0.25) is 0 Å². The van der Waals surface area contributed by atoms with Crippen LogP contribution in [0.25, 0.3) is 0 Å². The minimum atomic E-state index is -3.96. The van der Waals surface area contributed by atoms with Gasteiger partial charge in [0.1, 0.15) is 0 Å². The van der Waals surface area contributed by atoms with E-state index in [1.807, 2.05) is 4.72 Å². The molecule has 7 heteroatoms. The molecule has 0 aliphatic carbocycles. The average Bonchev–Trinajstić information content (AvgIpc) is 2.27. The van der Waals surface area contributed by atoms with E-state index in [-0.39, 0.29) is 11.5 Å². The average molecular weight is 265 g/mol. The highest BCUT2D eigenvalue weighted by Crippen LogP contribution is 2.17. The summed E-state index contributed by atoms with van der Waals surface area (Å²) in [6, 6.07) is 4.35. The fraction of sp³-hybridized carbons (Fsp3) is 0.400. The van der Waals surface area contributed by atoms with Crippen LogP contribution in [0.15, 0.2) is 23.1 Å². The van der Waals surface area contributed by atoms with E-state index in [0.717, 1.165) is 0 Å². The summed E-state index contributed by atoms with van der Waals surface area (Å²) in [5.41, 5.74) is 0.844. The molecule has 1 rings (SSSR count). The second-order valence-corrected chi connectivity index (χ2v) is 5.24. The van der Waals surface area contributed by atoms with Crippen LogP contribution in [0.1, 0.15) is 11.1 Å². The molecule has 1 aromatic rings. The van der Waals surface area contributed by atoms with Gasteiger partial charge in [-0.25, -0.2) is 21.9 Å². The summed E-state index contributed by atoms with van der Waals surface area (Å²) in [7, 11) is -3.96. The number of aliphatic hydroxyl groups excluding tert-OH is 1. The standard InChI is InChI=1S/C10H13F2NO3S/c1-7-2-3-8(6-14)4-9(7)17(15,16)13-5-10(11)12/h2-4,10,13-14H,5-6H2,1H3. The van der Waals surface area contributed by atoms with Crippen molar-refractivity contribution in [3.63, 3.8) is 0 Å². The normalized spacial score (nSPS) is 12.1. The lowest BCUT2D eigenvalue weighted by atomic mass is 10.2. The Balaban J connectivity index is 3.05. The van der Waals surface area contributed by atoms with E-state index in [4.69, 9.17) is 5.11 Å². The lowest BCUT2D eigenvalue weighted by molar-refractivity contribution is 0.153. The number of halogens is 2. The van der Waals surface area contributed by atoms with Crippen LogP contribution in [-0.2, 0) is 16.6 Å². The van der Waals surface area contributed by atoms with Gasteiger partial charge in [0, 0.05) is 0 Å². The van der Waals surface area contributed by atoms with Crippen molar-refractivity contribution in [3.8, 4) is 0 Å². The Morgan fingerprint density at radius 2 is 2.06 bits per heavy atom. The molecule has 0 spiro atoms. The van der Waals surface area contributed by atoms with Crippen LogP contribution < -0.4 is 4.72 Å². The zero-order chi connectivity index (χ0) is 13.1. The van der Waals surface area contributed by atoms with E-state index >= 15 is 0 Å². The van der Waals surface area contributed by atoms with Crippen LogP contribution in [0.3, 0.4) is 0 Å². The maximum Gasteiger partial charge on any atom is 0.251 e. The lowest BCUT2D eigenvalue weighted by Crippen LogP contribution is -2.29. The van der Waals surface area contributed by atoms with Gasteiger partial charge in [0.25, 0.3) is 6.43 Å². The number of hydrogen-bond donors (Lipinski definition) is 2. The molecule has 0 unspecified atom stereocenters. The van der Waals surface area contributed by atoms with E-state index in [0.29, 0.717) is 11.1 Å². The van der Waals surface area contributed by atoms with Crippen molar-refractivity contribution in [2.75, 3.05) is 6.54 Å². The first-order valence-electron chi connectivity index (χ1n) is 4.85. The largest absolute Gasteiger partial charge is 0.392 e. The molecule has 0 bridgehead atoms. The van der Waals surface area contributed by atoms with E-state index < -0.39 is 23.0 Å². The third-order valence-corrected chi connectivity index (χ3v) is 3.72. The zero-order valence-electron chi connectivity index (χ0n) is 9.15. The van der Waals surface area contributed by atoms with Crippen LogP contribution in [0.2, 0.25) is 0 Å². The van der Waals surface area contributed by atoms with Gasteiger partial charge < -0.3 is 5.11 Å². The predicted molar refractivity (Wildman–Crippen MR) is 58.3 cm³/mol. The van der Waals surface area contributed by atoms with Crippen molar-refractivity contribution in [1.82, 2.24) is 4.72 Å². The van der Waals surface area contributed by atoms with Gasteiger partial charge in [0.05, 0.1) is 18.0 Å². The zero-order valence-corrected chi connectivity index (χ0v) is 9.97. The molecule has 0 saturated carbocycles. The summed E-state index contributed by atoms with van der Waals surface area (Å²) in [6.45, 7) is 0.320. The number of benzene rings is 1. The predicted octanol–water partition coefficient (Wildman–Crippen LogP) is 1.03. The van der Waals surface area contributed by atoms with Gasteiger partial charge in [-0.2, -0.15) is 0 Å². The lowest BCUT2D eigenvalue weighted by Gasteiger charge is -2.10. The molecule has 96 valence electrons. The molecule has 0 amide bonds. The van der Waals surface area contributed by atoms with Gasteiger partial charge in [-0.15, -0.1) is 0 Å². The Hall–Kier alpha value is -1.05. The SMILES string of the molecule is Cc1ccc(CO)cc1S(=O)(=O)NCC(F)F. The maximum absolute atomic E-state index is 12.0. The fourth-order valence-electron chi connectivity index (χ4n) is 1.28. The van der Waals surface area contributed by atoms with Crippen molar-refractivity contribution in [1.29, 1.82) is 0 Å². The van der Waals surface area contributed by atoms with Crippen LogP contribution >= 0.6 is 0 Å². The Labute approximate surface area is 98.3 Å². The number of aryl methyl sites for hydroxylation is 1. The topological polar surface area (TPSA) is 66.4 Å². The Morgan fingerprint density at radius 1 is 1.41 bits per heavy atom. The van der Waals surface area contributed by atoms with Gasteiger partial charge in [0.2, 0.25) is 10.0 Å². The summed E-state index contributed by atoms with van der Waals surface area (Å²) in [5.74, 6) is 0. The fourth-order valence-corrected chi connectivity index (χ4v) is 2.58. The molecule has 2 N–H and O–H groups in total. The molecule has 0 saturated heterocycles. The molecular formula is C10H13F2NO3S. The van der Waals surface area contributed by atoms with Crippen LogP contribution in [0.4, 0.5) is 8.78 Å². The molecule has 1 aromatic carbocycles. The number of sulfonamides is 1. The van der Waals surface area contributed by atoms with Crippen molar-refractivity contribution < 1.29 is 22.3 Å². The van der Waals surface area contributed by atoms with E-state index in [1.54, 1.807) is 13.0 Å². The Bertz CT molecular complexity index is 488. The first kappa shape index (κ1) is 14.0. The van der Waals surface area contributed by atoms with Crippen molar-refractivity contribution in [3.05, 3.63) is 29.3 Å². The highest BCUT2D eigenvalue weighted by Gasteiger charge is 2.18. The minimum Gasteiger partial charge on any atom is -0.392 e. The number of alkyl halides is 2. The molecular weight excluding hydrogens is 252 g/mol. The van der Waals surface area contributed by atoms with E-state index in [1.165, 1.54) is 12.1 Å². The van der Waals surface area contributed by atoms with Crippen molar-refractivity contribution >= 4 is 10.0 Å². The van der Waals surface area contributed by atoms with Crippen LogP contribution in [0.5, 0.6) is 0 Å². The summed E-state index contributed by atoms with van der Waals surface area (Å²) >= 11 is 0. The Kier molecular flexibility index (Phi) is 4.55. The molecule has 17 heavy (non-hydrogen) atoms. The summed E-state index contributed by atoms with van der Waals surface area (Å²) < 4.78 is 49.1. The maximum atomic E-state index is 12.0. The third-order valence-electron chi connectivity index (χ3n) is 2.15. The molecule has 0 aromatic heterocycles. The molecule has 0 fully saturated rings. The first-order chi connectivity index (χ1) is 7.86. The second kappa shape index (κ2) is 5.52. The van der Waals surface area contributed by atoms with Gasteiger partial charge in [-0.1, -0.05) is 12.1 Å². The quantitative estimate of drug-likeness (QED) is 0.835. The number of rotatable bonds is 5. The van der Waals surface area contributed by atoms with Crippen molar-refractivity contribution in [2.45, 2.75) is 24.9 Å². The summed E-state index contributed by atoms with van der Waals surface area (Å²) in [4.78, 5) is -0.0929.